The lowest BCUT2D eigenvalue weighted by atomic mass is 9.87. The molecule has 0 radical (unpaired) electrons. The molecule has 120 valence electrons. The Kier molecular flexibility index (Phi) is 4.12. The van der Waals surface area contributed by atoms with Crippen LogP contribution < -0.4 is 4.74 Å². The molecule has 2 N–H and O–H groups in total. The van der Waals surface area contributed by atoms with Gasteiger partial charge in [0.05, 0.1) is 7.11 Å². The van der Waals surface area contributed by atoms with Crippen molar-refractivity contribution in [3.63, 3.8) is 0 Å². The van der Waals surface area contributed by atoms with Crippen LogP contribution in [0.15, 0.2) is 24.4 Å². The lowest BCUT2D eigenvalue weighted by Gasteiger charge is -2.44. The number of rotatable bonds is 6. The Morgan fingerprint density at radius 1 is 1.36 bits per heavy atom. The molecule has 5 nitrogen and oxygen atoms in total. The second kappa shape index (κ2) is 5.91. The van der Waals surface area contributed by atoms with Crippen molar-refractivity contribution < 1.29 is 19.3 Å². The van der Waals surface area contributed by atoms with Crippen LogP contribution in [-0.2, 0) is 15.1 Å². The summed E-state index contributed by atoms with van der Waals surface area (Å²) in [6, 6.07) is 5.77. The monoisotopic (exact) mass is 305 g/mol. The van der Waals surface area contributed by atoms with Gasteiger partial charge in [-0.25, -0.2) is 0 Å². The summed E-state index contributed by atoms with van der Waals surface area (Å²) in [4.78, 5) is 3.21. The van der Waals surface area contributed by atoms with Gasteiger partial charge in [-0.1, -0.05) is 19.8 Å². The number of fused-ring (bicyclic) bond motifs is 1. The second-order valence-electron chi connectivity index (χ2n) is 5.81. The highest BCUT2D eigenvalue weighted by Crippen LogP contribution is 2.42. The van der Waals surface area contributed by atoms with Crippen LogP contribution in [0.2, 0.25) is 0 Å². The molecule has 1 aromatic carbocycles. The van der Waals surface area contributed by atoms with E-state index in [1.807, 2.05) is 31.3 Å². The number of hydrogen-bond donors (Lipinski definition) is 2. The smallest absolute Gasteiger partial charge is 0.196 e. The molecule has 3 rings (SSSR count). The maximum absolute atomic E-state index is 11.3. The minimum atomic E-state index is -1.14. The van der Waals surface area contributed by atoms with E-state index in [0.717, 1.165) is 35.1 Å². The topological polar surface area (TPSA) is 63.7 Å². The van der Waals surface area contributed by atoms with E-state index in [0.29, 0.717) is 6.42 Å². The van der Waals surface area contributed by atoms with Crippen molar-refractivity contribution in [2.45, 2.75) is 51.3 Å². The zero-order valence-corrected chi connectivity index (χ0v) is 13.3. The molecule has 0 amide bonds. The van der Waals surface area contributed by atoms with Crippen LogP contribution in [0.5, 0.6) is 5.75 Å². The molecule has 2 aromatic rings. The van der Waals surface area contributed by atoms with Crippen molar-refractivity contribution in [1.29, 1.82) is 0 Å². The Bertz CT molecular complexity index is 647. The fourth-order valence-corrected chi connectivity index (χ4v) is 3.00. The first-order valence-corrected chi connectivity index (χ1v) is 7.77. The molecule has 1 saturated heterocycles. The summed E-state index contributed by atoms with van der Waals surface area (Å²) >= 11 is 0. The van der Waals surface area contributed by atoms with Crippen LogP contribution in [0, 0.1) is 0 Å². The van der Waals surface area contributed by atoms with Gasteiger partial charge in [-0.15, -0.1) is 0 Å². The molecule has 1 aliphatic rings. The normalized spacial score (nSPS) is 24.0. The van der Waals surface area contributed by atoms with E-state index >= 15 is 0 Å². The third kappa shape index (κ3) is 2.49. The van der Waals surface area contributed by atoms with Gasteiger partial charge in [-0.05, 0) is 25.5 Å². The number of nitrogens with one attached hydrogen (secondary N) is 1. The minimum Gasteiger partial charge on any atom is -0.497 e. The summed E-state index contributed by atoms with van der Waals surface area (Å²) in [5, 5.41) is 12.2. The predicted molar refractivity (Wildman–Crippen MR) is 83.7 cm³/mol. The largest absolute Gasteiger partial charge is 0.497 e. The molecular formula is C17H23NO4. The fraction of sp³-hybridized carbons (Fsp3) is 0.529. The fourth-order valence-electron chi connectivity index (χ4n) is 3.00. The van der Waals surface area contributed by atoms with Crippen molar-refractivity contribution in [2.24, 2.45) is 0 Å². The number of methoxy groups -OCH3 is 1. The molecule has 1 fully saturated rings. The quantitative estimate of drug-likeness (QED) is 0.859. The van der Waals surface area contributed by atoms with Crippen molar-refractivity contribution in [2.75, 3.05) is 7.11 Å². The van der Waals surface area contributed by atoms with Gasteiger partial charge in [0.2, 0.25) is 0 Å². The third-order valence-electron chi connectivity index (χ3n) is 4.29. The number of unbranched alkanes of at least 4 members (excludes halogenated alkanes) is 1. The van der Waals surface area contributed by atoms with Gasteiger partial charge in [0.15, 0.2) is 12.6 Å². The van der Waals surface area contributed by atoms with Gasteiger partial charge in [-0.2, -0.15) is 0 Å². The number of benzene rings is 1. The molecular weight excluding hydrogens is 282 g/mol. The van der Waals surface area contributed by atoms with E-state index in [4.69, 9.17) is 14.2 Å². The number of aliphatic hydroxyl groups is 1. The maximum atomic E-state index is 11.3. The average Bonchev–Trinajstić information content (AvgIpc) is 2.93. The standard InChI is InChI=1S/C17H23NO4/c1-4-5-8-17(19,16-21-11(2)22-16)14-10-18-15-9-12(20-3)6-7-13(14)15/h6-7,9-11,16,18-19H,4-5,8H2,1-3H3. The summed E-state index contributed by atoms with van der Waals surface area (Å²) < 4.78 is 16.5. The Morgan fingerprint density at radius 3 is 2.77 bits per heavy atom. The Morgan fingerprint density at radius 2 is 2.14 bits per heavy atom. The molecule has 1 atom stereocenters. The summed E-state index contributed by atoms with van der Waals surface area (Å²) in [7, 11) is 1.64. The van der Waals surface area contributed by atoms with Gasteiger partial charge < -0.3 is 24.3 Å². The lowest BCUT2D eigenvalue weighted by Crippen LogP contribution is -2.53. The highest BCUT2D eigenvalue weighted by atomic mass is 16.9. The van der Waals surface area contributed by atoms with Crippen LogP contribution in [0.25, 0.3) is 10.9 Å². The van der Waals surface area contributed by atoms with Gasteiger partial charge in [0, 0.05) is 28.7 Å². The van der Waals surface area contributed by atoms with Crippen LogP contribution in [0.1, 0.15) is 38.7 Å². The number of aromatic amines is 1. The molecule has 1 aromatic heterocycles. The van der Waals surface area contributed by atoms with Crippen LogP contribution >= 0.6 is 0 Å². The number of ether oxygens (including phenoxy) is 3. The Balaban J connectivity index is 2.00. The SMILES string of the molecule is CCCCC(O)(c1c[nH]c2cc(OC)ccc12)C1OC(C)O1. The predicted octanol–water partition coefficient (Wildman–Crippen LogP) is 3.27. The van der Waals surface area contributed by atoms with E-state index in [9.17, 15) is 5.11 Å². The maximum Gasteiger partial charge on any atom is 0.196 e. The first-order valence-electron chi connectivity index (χ1n) is 7.77. The molecule has 0 bridgehead atoms. The number of hydrogen-bond acceptors (Lipinski definition) is 4. The Hall–Kier alpha value is -1.56. The average molecular weight is 305 g/mol. The summed E-state index contributed by atoms with van der Waals surface area (Å²) in [5.41, 5.74) is 0.599. The summed E-state index contributed by atoms with van der Waals surface area (Å²) in [5.74, 6) is 0.780. The van der Waals surface area contributed by atoms with Crippen molar-refractivity contribution in [3.8, 4) is 5.75 Å². The molecule has 0 spiro atoms. The third-order valence-corrected chi connectivity index (χ3v) is 4.29. The molecule has 5 heteroatoms. The van der Waals surface area contributed by atoms with E-state index < -0.39 is 11.9 Å². The number of aromatic nitrogens is 1. The summed E-state index contributed by atoms with van der Waals surface area (Å²) in [6.45, 7) is 3.93. The summed E-state index contributed by atoms with van der Waals surface area (Å²) in [6.07, 6.45) is 3.46. The molecule has 1 aliphatic heterocycles. The lowest BCUT2D eigenvalue weighted by molar-refractivity contribution is -0.424. The van der Waals surface area contributed by atoms with Gasteiger partial charge in [0.1, 0.15) is 11.4 Å². The van der Waals surface area contributed by atoms with Crippen molar-refractivity contribution in [3.05, 3.63) is 30.0 Å². The molecule has 0 aliphatic carbocycles. The van der Waals surface area contributed by atoms with Crippen LogP contribution in [-0.4, -0.2) is 29.8 Å². The minimum absolute atomic E-state index is 0.261. The van der Waals surface area contributed by atoms with Gasteiger partial charge >= 0.3 is 0 Å². The van der Waals surface area contributed by atoms with Crippen LogP contribution in [0.4, 0.5) is 0 Å². The van der Waals surface area contributed by atoms with E-state index in [1.165, 1.54) is 0 Å². The van der Waals surface area contributed by atoms with E-state index in [1.54, 1.807) is 7.11 Å². The first kappa shape index (κ1) is 15.3. The first-order chi connectivity index (χ1) is 10.6. The molecule has 22 heavy (non-hydrogen) atoms. The zero-order chi connectivity index (χ0) is 15.7. The van der Waals surface area contributed by atoms with E-state index in [-0.39, 0.29) is 6.29 Å². The Labute approximate surface area is 130 Å². The molecule has 0 saturated carbocycles. The van der Waals surface area contributed by atoms with Crippen LogP contribution in [0.3, 0.4) is 0 Å². The molecule has 1 unspecified atom stereocenters. The van der Waals surface area contributed by atoms with Gasteiger partial charge in [-0.3, -0.25) is 0 Å². The highest BCUT2D eigenvalue weighted by molar-refractivity contribution is 5.85. The van der Waals surface area contributed by atoms with Gasteiger partial charge in [0.25, 0.3) is 0 Å². The van der Waals surface area contributed by atoms with E-state index in [2.05, 4.69) is 11.9 Å². The highest BCUT2D eigenvalue weighted by Gasteiger charge is 2.47. The number of H-pyrrole nitrogens is 1. The second-order valence-corrected chi connectivity index (χ2v) is 5.81. The van der Waals surface area contributed by atoms with Crippen molar-refractivity contribution in [1.82, 2.24) is 4.98 Å². The zero-order valence-electron chi connectivity index (χ0n) is 13.3. The van der Waals surface area contributed by atoms with Crippen molar-refractivity contribution >= 4 is 10.9 Å². The molecule has 2 heterocycles.